The van der Waals surface area contributed by atoms with Crippen molar-refractivity contribution in [2.45, 2.75) is 31.9 Å². The molecule has 1 fully saturated rings. The topological polar surface area (TPSA) is 78.4 Å². The van der Waals surface area contributed by atoms with E-state index in [1.807, 2.05) is 0 Å². The molecule has 0 unspecified atom stereocenters. The van der Waals surface area contributed by atoms with Gasteiger partial charge in [0, 0.05) is 6.54 Å². The first kappa shape index (κ1) is 15.6. The van der Waals surface area contributed by atoms with E-state index in [1.54, 1.807) is 5.32 Å². The number of amides is 2. The largest absolute Gasteiger partial charge is 0.481 e. The Labute approximate surface area is 108 Å². The molecule has 8 heteroatoms. The minimum atomic E-state index is -4.42. The Kier molecular flexibility index (Phi) is 5.44. The molecule has 1 saturated carbocycles. The summed E-state index contributed by atoms with van der Waals surface area (Å²) in [6.07, 6.45) is -2.00. The molecule has 1 aliphatic carbocycles. The van der Waals surface area contributed by atoms with Crippen molar-refractivity contribution in [1.29, 1.82) is 0 Å². The average Bonchev–Trinajstić information content (AvgIpc) is 2.33. The van der Waals surface area contributed by atoms with E-state index in [0.29, 0.717) is 25.7 Å². The van der Waals surface area contributed by atoms with Crippen LogP contribution in [0.5, 0.6) is 0 Å². The van der Waals surface area contributed by atoms with Crippen LogP contribution in [-0.2, 0) is 4.79 Å². The van der Waals surface area contributed by atoms with E-state index in [0.717, 1.165) is 0 Å². The standard InChI is InChI=1S/C11H17F3N2O3/c12-11(13,14)6-16-10(19)15-5-7-1-3-8(4-2-7)9(17)18/h7-8H,1-6H2,(H,17,18)(H2,15,16,19). The smallest absolute Gasteiger partial charge is 0.405 e. The van der Waals surface area contributed by atoms with E-state index in [1.165, 1.54) is 0 Å². The van der Waals surface area contributed by atoms with E-state index in [9.17, 15) is 22.8 Å². The summed E-state index contributed by atoms with van der Waals surface area (Å²) < 4.78 is 35.5. The maximum absolute atomic E-state index is 11.8. The molecule has 0 heterocycles. The minimum Gasteiger partial charge on any atom is -0.481 e. The third kappa shape index (κ3) is 6.30. The molecule has 0 spiro atoms. The van der Waals surface area contributed by atoms with Crippen molar-refractivity contribution in [3.63, 3.8) is 0 Å². The van der Waals surface area contributed by atoms with Gasteiger partial charge >= 0.3 is 18.2 Å². The summed E-state index contributed by atoms with van der Waals surface area (Å²) in [7, 11) is 0. The second-order valence-corrected chi connectivity index (χ2v) is 4.73. The number of aliphatic carboxylic acids is 1. The zero-order valence-corrected chi connectivity index (χ0v) is 10.3. The van der Waals surface area contributed by atoms with Gasteiger partial charge in [0.2, 0.25) is 0 Å². The van der Waals surface area contributed by atoms with Gasteiger partial charge in [-0.25, -0.2) is 4.79 Å². The van der Waals surface area contributed by atoms with Gasteiger partial charge in [-0.2, -0.15) is 13.2 Å². The number of rotatable bonds is 4. The fraction of sp³-hybridized carbons (Fsp3) is 0.818. The van der Waals surface area contributed by atoms with Crippen molar-refractivity contribution in [2.24, 2.45) is 11.8 Å². The molecule has 5 nitrogen and oxygen atoms in total. The fourth-order valence-corrected chi connectivity index (χ4v) is 2.09. The lowest BCUT2D eigenvalue weighted by Gasteiger charge is -2.26. The van der Waals surface area contributed by atoms with Crippen LogP contribution >= 0.6 is 0 Å². The van der Waals surface area contributed by atoms with Gasteiger partial charge in [0.05, 0.1) is 5.92 Å². The highest BCUT2D eigenvalue weighted by Gasteiger charge is 2.28. The average molecular weight is 282 g/mol. The first-order valence-corrected chi connectivity index (χ1v) is 6.09. The van der Waals surface area contributed by atoms with E-state index in [-0.39, 0.29) is 18.4 Å². The molecule has 0 saturated heterocycles. The Balaban J connectivity index is 2.17. The highest BCUT2D eigenvalue weighted by Crippen LogP contribution is 2.28. The molecule has 1 aliphatic rings. The molecule has 0 bridgehead atoms. The molecule has 19 heavy (non-hydrogen) atoms. The second kappa shape index (κ2) is 6.63. The lowest BCUT2D eigenvalue weighted by Crippen LogP contribution is -2.42. The molecule has 110 valence electrons. The Morgan fingerprint density at radius 2 is 1.68 bits per heavy atom. The van der Waals surface area contributed by atoms with Crippen LogP contribution in [0.3, 0.4) is 0 Å². The van der Waals surface area contributed by atoms with Crippen LogP contribution in [0, 0.1) is 11.8 Å². The number of carbonyl (C=O) groups is 2. The van der Waals surface area contributed by atoms with Gasteiger partial charge in [-0.1, -0.05) is 0 Å². The number of carbonyl (C=O) groups excluding carboxylic acids is 1. The van der Waals surface area contributed by atoms with Crippen LogP contribution in [0.1, 0.15) is 25.7 Å². The van der Waals surface area contributed by atoms with E-state index >= 15 is 0 Å². The molecular weight excluding hydrogens is 265 g/mol. The molecule has 0 radical (unpaired) electrons. The maximum atomic E-state index is 11.8. The molecule has 2 amide bonds. The number of hydrogen-bond donors (Lipinski definition) is 3. The maximum Gasteiger partial charge on any atom is 0.405 e. The molecule has 0 aromatic carbocycles. The van der Waals surface area contributed by atoms with Crippen molar-refractivity contribution in [1.82, 2.24) is 10.6 Å². The minimum absolute atomic E-state index is 0.132. The van der Waals surface area contributed by atoms with Gasteiger partial charge in [0.15, 0.2) is 0 Å². The number of carboxylic acids is 1. The van der Waals surface area contributed by atoms with Gasteiger partial charge in [0.1, 0.15) is 6.54 Å². The van der Waals surface area contributed by atoms with Crippen molar-refractivity contribution in [3.05, 3.63) is 0 Å². The Morgan fingerprint density at radius 3 is 2.16 bits per heavy atom. The van der Waals surface area contributed by atoms with E-state index < -0.39 is 24.7 Å². The van der Waals surface area contributed by atoms with Crippen molar-refractivity contribution in [2.75, 3.05) is 13.1 Å². The van der Waals surface area contributed by atoms with Crippen LogP contribution in [0.4, 0.5) is 18.0 Å². The summed E-state index contributed by atoms with van der Waals surface area (Å²) >= 11 is 0. The lowest BCUT2D eigenvalue weighted by atomic mass is 9.82. The summed E-state index contributed by atoms with van der Waals surface area (Å²) in [6.45, 7) is -1.08. The van der Waals surface area contributed by atoms with Crippen LogP contribution in [0.2, 0.25) is 0 Å². The van der Waals surface area contributed by atoms with Crippen LogP contribution in [0.25, 0.3) is 0 Å². The number of halogens is 3. The van der Waals surface area contributed by atoms with Gasteiger partial charge in [0.25, 0.3) is 0 Å². The zero-order valence-electron chi connectivity index (χ0n) is 10.3. The molecular formula is C11H17F3N2O3. The van der Waals surface area contributed by atoms with E-state index in [4.69, 9.17) is 5.11 Å². The summed E-state index contributed by atoms with van der Waals surface area (Å²) in [5.41, 5.74) is 0. The third-order valence-corrected chi connectivity index (χ3v) is 3.20. The highest BCUT2D eigenvalue weighted by atomic mass is 19.4. The molecule has 0 atom stereocenters. The molecule has 0 aromatic rings. The molecule has 0 aromatic heterocycles. The summed E-state index contributed by atoms with van der Waals surface area (Å²) in [4.78, 5) is 21.8. The van der Waals surface area contributed by atoms with Crippen molar-refractivity contribution in [3.8, 4) is 0 Å². The van der Waals surface area contributed by atoms with Gasteiger partial charge in [-0.3, -0.25) is 4.79 Å². The van der Waals surface area contributed by atoms with Gasteiger partial charge < -0.3 is 15.7 Å². The quantitative estimate of drug-likeness (QED) is 0.735. The zero-order chi connectivity index (χ0) is 14.5. The lowest BCUT2D eigenvalue weighted by molar-refractivity contribution is -0.143. The van der Waals surface area contributed by atoms with Crippen molar-refractivity contribution >= 4 is 12.0 Å². The summed E-state index contributed by atoms with van der Waals surface area (Å²) in [6, 6.07) is -0.849. The predicted molar refractivity (Wildman–Crippen MR) is 60.5 cm³/mol. The molecule has 1 rings (SSSR count). The number of carboxylic acid groups (broad SMARTS) is 1. The SMILES string of the molecule is O=C(NCC1CCC(C(=O)O)CC1)NCC(F)(F)F. The Morgan fingerprint density at radius 1 is 1.11 bits per heavy atom. The predicted octanol–water partition coefficient (Wildman–Crippen LogP) is 1.74. The first-order valence-electron chi connectivity index (χ1n) is 6.09. The monoisotopic (exact) mass is 282 g/mol. The Bertz CT molecular complexity index is 326. The first-order chi connectivity index (χ1) is 8.78. The van der Waals surface area contributed by atoms with Crippen LogP contribution in [0.15, 0.2) is 0 Å². The number of urea groups is 1. The summed E-state index contributed by atoms with van der Waals surface area (Å²) in [5.74, 6) is -1.02. The van der Waals surface area contributed by atoms with E-state index in [2.05, 4.69) is 5.32 Å². The molecule has 3 N–H and O–H groups in total. The number of hydrogen-bond acceptors (Lipinski definition) is 2. The van der Waals surface area contributed by atoms with Crippen LogP contribution in [-0.4, -0.2) is 36.4 Å². The normalized spacial score (nSPS) is 23.7. The summed E-state index contributed by atoms with van der Waals surface area (Å²) in [5, 5.41) is 12.9. The van der Waals surface area contributed by atoms with Gasteiger partial charge in [-0.05, 0) is 31.6 Å². The molecule has 0 aliphatic heterocycles. The van der Waals surface area contributed by atoms with Crippen molar-refractivity contribution < 1.29 is 27.9 Å². The van der Waals surface area contributed by atoms with Gasteiger partial charge in [-0.15, -0.1) is 0 Å². The fourth-order valence-electron chi connectivity index (χ4n) is 2.09. The highest BCUT2D eigenvalue weighted by molar-refractivity contribution is 5.73. The second-order valence-electron chi connectivity index (χ2n) is 4.73. The number of nitrogens with one attached hydrogen (secondary N) is 2. The Hall–Kier alpha value is -1.47. The third-order valence-electron chi connectivity index (χ3n) is 3.20. The number of alkyl halides is 3. The van der Waals surface area contributed by atoms with Crippen LogP contribution < -0.4 is 10.6 Å².